The van der Waals surface area contributed by atoms with Gasteiger partial charge in [-0.05, 0) is 37.3 Å². The van der Waals surface area contributed by atoms with E-state index in [4.69, 9.17) is 22.1 Å². The minimum absolute atomic E-state index is 0.179. The highest BCUT2D eigenvalue weighted by Gasteiger charge is 2.27. The minimum Gasteiger partial charge on any atom is -0.381 e. The van der Waals surface area contributed by atoms with Gasteiger partial charge in [0.15, 0.2) is 0 Å². The smallest absolute Gasteiger partial charge is 0.0621 e. The van der Waals surface area contributed by atoms with E-state index in [1.54, 1.807) is 12.4 Å². The van der Waals surface area contributed by atoms with Crippen molar-refractivity contribution in [2.24, 2.45) is 5.73 Å². The molecule has 0 aliphatic carbocycles. The SMILES string of the molecule is NC1(Cc2ccncc2Cl)CCCOCC1. The van der Waals surface area contributed by atoms with Crippen LogP contribution in [-0.4, -0.2) is 23.7 Å². The summed E-state index contributed by atoms with van der Waals surface area (Å²) in [6, 6.07) is 1.95. The van der Waals surface area contributed by atoms with Gasteiger partial charge < -0.3 is 10.5 Å². The highest BCUT2D eigenvalue weighted by Crippen LogP contribution is 2.26. The molecular weight excluding hydrogens is 224 g/mol. The number of nitrogens with zero attached hydrogens (tertiary/aromatic N) is 1. The number of pyridine rings is 1. The molecule has 2 heterocycles. The molecule has 0 aromatic carbocycles. The van der Waals surface area contributed by atoms with Gasteiger partial charge in [-0.2, -0.15) is 0 Å². The minimum atomic E-state index is -0.179. The summed E-state index contributed by atoms with van der Waals surface area (Å²) >= 11 is 6.10. The molecule has 0 spiro atoms. The van der Waals surface area contributed by atoms with Crippen LogP contribution >= 0.6 is 11.6 Å². The molecule has 1 fully saturated rings. The maximum absolute atomic E-state index is 6.40. The van der Waals surface area contributed by atoms with E-state index in [0.717, 1.165) is 44.5 Å². The van der Waals surface area contributed by atoms with Gasteiger partial charge >= 0.3 is 0 Å². The van der Waals surface area contributed by atoms with Gasteiger partial charge in [-0.25, -0.2) is 0 Å². The zero-order chi connectivity index (χ0) is 11.4. The van der Waals surface area contributed by atoms with Gasteiger partial charge in [0.1, 0.15) is 0 Å². The van der Waals surface area contributed by atoms with Crippen LogP contribution in [0.25, 0.3) is 0 Å². The normalized spacial score (nSPS) is 26.4. The van der Waals surface area contributed by atoms with Crippen molar-refractivity contribution in [2.75, 3.05) is 13.2 Å². The number of halogens is 1. The zero-order valence-electron chi connectivity index (χ0n) is 9.29. The maximum Gasteiger partial charge on any atom is 0.0621 e. The molecule has 1 aromatic rings. The zero-order valence-corrected chi connectivity index (χ0v) is 10.0. The van der Waals surface area contributed by atoms with Crippen LogP contribution in [0.1, 0.15) is 24.8 Å². The summed E-state index contributed by atoms with van der Waals surface area (Å²) in [4.78, 5) is 3.98. The molecule has 0 saturated carbocycles. The lowest BCUT2D eigenvalue weighted by atomic mass is 9.85. The Morgan fingerprint density at radius 1 is 1.44 bits per heavy atom. The summed E-state index contributed by atoms with van der Waals surface area (Å²) in [7, 11) is 0. The first-order valence-electron chi connectivity index (χ1n) is 5.65. The number of hydrogen-bond donors (Lipinski definition) is 1. The van der Waals surface area contributed by atoms with Crippen molar-refractivity contribution in [3.8, 4) is 0 Å². The van der Waals surface area contributed by atoms with Crippen LogP contribution < -0.4 is 5.73 Å². The summed E-state index contributed by atoms with van der Waals surface area (Å²) in [5.41, 5.74) is 7.31. The Bertz CT molecular complexity index is 349. The predicted octanol–water partition coefficient (Wildman–Crippen LogP) is 2.18. The topological polar surface area (TPSA) is 48.1 Å². The molecule has 1 aromatic heterocycles. The Balaban J connectivity index is 2.10. The molecule has 16 heavy (non-hydrogen) atoms. The van der Waals surface area contributed by atoms with E-state index >= 15 is 0 Å². The fourth-order valence-electron chi connectivity index (χ4n) is 2.13. The van der Waals surface area contributed by atoms with Crippen LogP contribution in [0, 0.1) is 0 Å². The summed E-state index contributed by atoms with van der Waals surface area (Å²) in [6.45, 7) is 1.57. The van der Waals surface area contributed by atoms with Gasteiger partial charge in [-0.15, -0.1) is 0 Å². The number of ether oxygens (including phenoxy) is 1. The Kier molecular flexibility index (Phi) is 3.79. The van der Waals surface area contributed by atoms with E-state index in [2.05, 4.69) is 4.98 Å². The molecule has 0 bridgehead atoms. The lowest BCUT2D eigenvalue weighted by molar-refractivity contribution is 0.139. The molecule has 88 valence electrons. The first kappa shape index (κ1) is 11.8. The third-order valence-electron chi connectivity index (χ3n) is 3.11. The van der Waals surface area contributed by atoms with Crippen LogP contribution in [0.15, 0.2) is 18.5 Å². The average molecular weight is 241 g/mol. The second kappa shape index (κ2) is 5.13. The lowest BCUT2D eigenvalue weighted by Gasteiger charge is -2.27. The number of hydrogen-bond acceptors (Lipinski definition) is 3. The second-order valence-corrected chi connectivity index (χ2v) is 4.88. The van der Waals surface area contributed by atoms with Crippen molar-refractivity contribution in [1.29, 1.82) is 0 Å². The Labute approximate surface area is 101 Å². The van der Waals surface area contributed by atoms with Crippen LogP contribution in [-0.2, 0) is 11.2 Å². The molecule has 2 rings (SSSR count). The lowest BCUT2D eigenvalue weighted by Crippen LogP contribution is -2.42. The Morgan fingerprint density at radius 3 is 3.12 bits per heavy atom. The van der Waals surface area contributed by atoms with Crippen LogP contribution in [0.3, 0.4) is 0 Å². The third-order valence-corrected chi connectivity index (χ3v) is 3.45. The van der Waals surface area contributed by atoms with E-state index in [0.29, 0.717) is 5.02 Å². The highest BCUT2D eigenvalue weighted by molar-refractivity contribution is 6.31. The van der Waals surface area contributed by atoms with Gasteiger partial charge in [-0.3, -0.25) is 4.98 Å². The number of aromatic nitrogens is 1. The molecular formula is C12H17ClN2O. The molecule has 1 unspecified atom stereocenters. The highest BCUT2D eigenvalue weighted by atomic mass is 35.5. The van der Waals surface area contributed by atoms with Crippen LogP contribution in [0.5, 0.6) is 0 Å². The van der Waals surface area contributed by atoms with E-state index in [9.17, 15) is 0 Å². The van der Waals surface area contributed by atoms with Crippen molar-refractivity contribution in [2.45, 2.75) is 31.2 Å². The largest absolute Gasteiger partial charge is 0.381 e. The Morgan fingerprint density at radius 2 is 2.31 bits per heavy atom. The molecule has 1 aliphatic rings. The van der Waals surface area contributed by atoms with Crippen molar-refractivity contribution in [3.63, 3.8) is 0 Å². The Hall–Kier alpha value is -0.640. The van der Waals surface area contributed by atoms with E-state index < -0.39 is 0 Å². The first-order valence-corrected chi connectivity index (χ1v) is 6.02. The van der Waals surface area contributed by atoms with Gasteiger partial charge in [0.05, 0.1) is 5.02 Å². The second-order valence-electron chi connectivity index (χ2n) is 4.47. The molecule has 0 radical (unpaired) electrons. The fraction of sp³-hybridized carbons (Fsp3) is 0.583. The average Bonchev–Trinajstić information content (AvgIpc) is 2.47. The van der Waals surface area contributed by atoms with Gasteiger partial charge in [0.2, 0.25) is 0 Å². The van der Waals surface area contributed by atoms with Gasteiger partial charge in [-0.1, -0.05) is 11.6 Å². The van der Waals surface area contributed by atoms with Crippen molar-refractivity contribution >= 4 is 11.6 Å². The van der Waals surface area contributed by atoms with E-state index in [1.165, 1.54) is 0 Å². The molecule has 1 atom stereocenters. The quantitative estimate of drug-likeness (QED) is 0.862. The van der Waals surface area contributed by atoms with Gasteiger partial charge in [0.25, 0.3) is 0 Å². The van der Waals surface area contributed by atoms with Crippen molar-refractivity contribution < 1.29 is 4.74 Å². The van der Waals surface area contributed by atoms with Crippen LogP contribution in [0.2, 0.25) is 5.02 Å². The summed E-state index contributed by atoms with van der Waals surface area (Å²) in [6.07, 6.45) is 7.15. The van der Waals surface area contributed by atoms with Crippen LogP contribution in [0.4, 0.5) is 0 Å². The summed E-state index contributed by atoms with van der Waals surface area (Å²) < 4.78 is 5.43. The monoisotopic (exact) mass is 240 g/mol. The molecule has 2 N–H and O–H groups in total. The number of rotatable bonds is 2. The molecule has 4 heteroatoms. The third kappa shape index (κ3) is 2.94. The summed E-state index contributed by atoms with van der Waals surface area (Å²) in [5.74, 6) is 0. The van der Waals surface area contributed by atoms with E-state index in [-0.39, 0.29) is 5.54 Å². The molecule has 1 saturated heterocycles. The van der Waals surface area contributed by atoms with Gasteiger partial charge in [0, 0.05) is 31.1 Å². The first-order chi connectivity index (χ1) is 7.70. The van der Waals surface area contributed by atoms with E-state index in [1.807, 2.05) is 6.07 Å². The van der Waals surface area contributed by atoms with Crippen molar-refractivity contribution in [3.05, 3.63) is 29.0 Å². The van der Waals surface area contributed by atoms with Crippen molar-refractivity contribution in [1.82, 2.24) is 4.98 Å². The summed E-state index contributed by atoms with van der Waals surface area (Å²) in [5, 5.41) is 0.706. The maximum atomic E-state index is 6.40. The standard InChI is InChI=1S/C12H17ClN2O/c13-11-9-15-5-2-10(11)8-12(14)3-1-6-16-7-4-12/h2,5,9H,1,3-4,6-8,14H2. The predicted molar refractivity (Wildman–Crippen MR) is 64.5 cm³/mol. The fourth-order valence-corrected chi connectivity index (χ4v) is 2.32. The molecule has 0 amide bonds. The number of nitrogens with two attached hydrogens (primary N) is 1. The molecule has 1 aliphatic heterocycles. The molecule has 3 nitrogen and oxygen atoms in total.